The molecule has 1 heterocycles. The Hall–Kier alpha value is -3.54. The third-order valence-corrected chi connectivity index (χ3v) is 2.95. The van der Waals surface area contributed by atoms with Gasteiger partial charge in [-0.15, -0.1) is 0 Å². The number of aromatic amines is 1. The Balaban J connectivity index is 1.86. The minimum Gasteiger partial charge on any atom is -0.351 e. The molecule has 2 aromatic rings. The number of aromatic nitrogens is 1. The van der Waals surface area contributed by atoms with Gasteiger partial charge in [-0.1, -0.05) is 0 Å². The van der Waals surface area contributed by atoms with Gasteiger partial charge in [0.15, 0.2) is 5.11 Å². The van der Waals surface area contributed by atoms with Crippen LogP contribution in [0.25, 0.3) is 0 Å². The molecule has 0 spiro atoms. The molecule has 0 fully saturated rings. The number of amides is 1. The summed E-state index contributed by atoms with van der Waals surface area (Å²) in [5, 5.41) is 23.8. The van der Waals surface area contributed by atoms with E-state index in [-0.39, 0.29) is 22.2 Å². The lowest BCUT2D eigenvalue weighted by atomic mass is 10.3. The molecule has 1 amide bonds. The van der Waals surface area contributed by atoms with Crippen LogP contribution < -0.4 is 16.2 Å². The first-order chi connectivity index (χ1) is 11.4. The lowest BCUT2D eigenvalue weighted by molar-refractivity contribution is -0.385. The molecule has 2 rings (SSSR count). The molecule has 1 aromatic heterocycles. The number of carbonyl (C=O) groups excluding carboxylic acids is 1. The van der Waals surface area contributed by atoms with Crippen LogP contribution in [0.3, 0.4) is 0 Å². The number of hydrogen-bond donors (Lipinski definition) is 4. The van der Waals surface area contributed by atoms with Crippen molar-refractivity contribution in [1.82, 2.24) is 15.8 Å². The van der Waals surface area contributed by atoms with Gasteiger partial charge in [0.2, 0.25) is 0 Å². The van der Waals surface area contributed by atoms with Crippen molar-refractivity contribution in [1.29, 1.82) is 0 Å². The van der Waals surface area contributed by atoms with E-state index < -0.39 is 15.8 Å². The molecule has 0 radical (unpaired) electrons. The molecule has 12 heteroatoms. The number of hydrazine groups is 1. The van der Waals surface area contributed by atoms with E-state index in [9.17, 15) is 25.0 Å². The van der Waals surface area contributed by atoms with E-state index in [1.54, 1.807) is 0 Å². The van der Waals surface area contributed by atoms with Crippen LogP contribution in [0.1, 0.15) is 10.5 Å². The first-order valence-corrected chi connectivity index (χ1v) is 6.72. The van der Waals surface area contributed by atoms with Gasteiger partial charge in [0, 0.05) is 23.9 Å². The van der Waals surface area contributed by atoms with Crippen molar-refractivity contribution in [2.45, 2.75) is 0 Å². The molecule has 124 valence electrons. The van der Waals surface area contributed by atoms with Gasteiger partial charge >= 0.3 is 0 Å². The smallest absolute Gasteiger partial charge is 0.287 e. The second-order valence-electron chi connectivity index (χ2n) is 4.37. The van der Waals surface area contributed by atoms with Crippen molar-refractivity contribution in [2.75, 3.05) is 5.32 Å². The number of H-pyrrole nitrogens is 1. The number of benzene rings is 1. The first-order valence-electron chi connectivity index (χ1n) is 6.31. The van der Waals surface area contributed by atoms with Crippen LogP contribution in [0.5, 0.6) is 0 Å². The summed E-state index contributed by atoms with van der Waals surface area (Å²) in [4.78, 5) is 34.1. The summed E-state index contributed by atoms with van der Waals surface area (Å²) in [5.41, 5.74) is 4.79. The molecule has 0 aliphatic heterocycles. The third-order valence-electron chi connectivity index (χ3n) is 2.75. The Morgan fingerprint density at radius 3 is 2.21 bits per heavy atom. The van der Waals surface area contributed by atoms with Crippen LogP contribution in [-0.2, 0) is 0 Å². The molecule has 0 aliphatic rings. The zero-order chi connectivity index (χ0) is 17.7. The molecule has 1 aromatic carbocycles. The average Bonchev–Trinajstić information content (AvgIpc) is 3.03. The van der Waals surface area contributed by atoms with Gasteiger partial charge in [0.25, 0.3) is 17.3 Å². The van der Waals surface area contributed by atoms with E-state index >= 15 is 0 Å². The summed E-state index contributed by atoms with van der Waals surface area (Å²) in [6.45, 7) is 0. The summed E-state index contributed by atoms with van der Waals surface area (Å²) < 4.78 is 0. The largest absolute Gasteiger partial charge is 0.351 e. The number of carbonyl (C=O) groups is 1. The predicted molar refractivity (Wildman–Crippen MR) is 87.4 cm³/mol. The Kier molecular flexibility index (Phi) is 5.01. The Morgan fingerprint density at radius 2 is 1.67 bits per heavy atom. The fourth-order valence-corrected chi connectivity index (χ4v) is 1.80. The highest BCUT2D eigenvalue weighted by molar-refractivity contribution is 7.80. The molecular weight excluding hydrogens is 340 g/mol. The second kappa shape index (κ2) is 7.15. The number of non-ortho nitro benzene ring substituents is 1. The molecule has 0 bridgehead atoms. The maximum Gasteiger partial charge on any atom is 0.287 e. The Labute approximate surface area is 139 Å². The normalized spacial score (nSPS) is 9.83. The highest BCUT2D eigenvalue weighted by Gasteiger charge is 2.14. The summed E-state index contributed by atoms with van der Waals surface area (Å²) in [5.74, 6) is -0.657. The number of nitro groups is 2. The zero-order valence-corrected chi connectivity index (χ0v) is 12.6. The highest BCUT2D eigenvalue weighted by atomic mass is 32.1. The van der Waals surface area contributed by atoms with Crippen molar-refractivity contribution in [3.05, 3.63) is 62.5 Å². The van der Waals surface area contributed by atoms with E-state index in [0.717, 1.165) is 12.3 Å². The highest BCUT2D eigenvalue weighted by Crippen LogP contribution is 2.15. The summed E-state index contributed by atoms with van der Waals surface area (Å²) in [7, 11) is 0. The van der Waals surface area contributed by atoms with E-state index in [4.69, 9.17) is 12.2 Å². The van der Waals surface area contributed by atoms with E-state index in [1.165, 1.54) is 24.3 Å². The van der Waals surface area contributed by atoms with Crippen LogP contribution in [0.15, 0.2) is 36.5 Å². The molecule has 0 unspecified atom stereocenters. The topological polar surface area (TPSA) is 155 Å². The van der Waals surface area contributed by atoms with Crippen molar-refractivity contribution in [3.63, 3.8) is 0 Å². The van der Waals surface area contributed by atoms with Gasteiger partial charge < -0.3 is 10.3 Å². The second-order valence-corrected chi connectivity index (χ2v) is 4.77. The first kappa shape index (κ1) is 16.8. The van der Waals surface area contributed by atoms with Crippen LogP contribution >= 0.6 is 12.2 Å². The van der Waals surface area contributed by atoms with Crippen LogP contribution in [-0.4, -0.2) is 25.9 Å². The lowest BCUT2D eigenvalue weighted by Crippen LogP contribution is -2.43. The molecule has 11 nitrogen and oxygen atoms in total. The van der Waals surface area contributed by atoms with Crippen molar-refractivity contribution < 1.29 is 14.6 Å². The van der Waals surface area contributed by atoms with Crippen LogP contribution in [0.2, 0.25) is 0 Å². The van der Waals surface area contributed by atoms with E-state index in [0.29, 0.717) is 5.69 Å². The number of thiocarbonyl (C=S) groups is 1. The summed E-state index contributed by atoms with van der Waals surface area (Å²) >= 11 is 4.95. The molecular formula is C12H10N6O5S. The minimum absolute atomic E-state index is 0.0210. The van der Waals surface area contributed by atoms with Crippen molar-refractivity contribution in [3.8, 4) is 0 Å². The maximum absolute atomic E-state index is 11.8. The maximum atomic E-state index is 11.8. The predicted octanol–water partition coefficient (Wildman–Crippen LogP) is 1.46. The van der Waals surface area contributed by atoms with Gasteiger partial charge in [0.1, 0.15) is 5.69 Å². The Bertz CT molecular complexity index is 803. The molecule has 0 atom stereocenters. The summed E-state index contributed by atoms with van der Waals surface area (Å²) in [6, 6.07) is 6.55. The fourth-order valence-electron chi connectivity index (χ4n) is 1.63. The number of nitrogens with zero attached hydrogens (tertiary/aromatic N) is 2. The zero-order valence-electron chi connectivity index (χ0n) is 11.8. The van der Waals surface area contributed by atoms with Crippen molar-refractivity contribution >= 4 is 40.3 Å². The van der Waals surface area contributed by atoms with E-state index in [1.807, 2.05) is 0 Å². The number of rotatable bonds is 4. The van der Waals surface area contributed by atoms with Crippen LogP contribution in [0.4, 0.5) is 17.1 Å². The van der Waals surface area contributed by atoms with Crippen LogP contribution in [0, 0.1) is 20.2 Å². The van der Waals surface area contributed by atoms with Gasteiger partial charge in [-0.05, 0) is 24.4 Å². The number of nitrogens with one attached hydrogen (secondary N) is 4. The molecule has 0 saturated heterocycles. The average molecular weight is 350 g/mol. The molecule has 24 heavy (non-hydrogen) atoms. The number of hydrogen-bond acceptors (Lipinski definition) is 6. The number of anilines is 1. The van der Waals surface area contributed by atoms with Crippen molar-refractivity contribution in [2.24, 2.45) is 0 Å². The molecule has 0 aliphatic carbocycles. The molecule has 0 saturated carbocycles. The standard InChI is InChI=1S/C12H10N6O5S/c19-11(10-5-9(6-13-10)18(22)23)15-16-12(24)14-7-1-3-8(4-2-7)17(20)21/h1-6,13H,(H,15,19)(H2,14,16,24). The Morgan fingerprint density at radius 1 is 1.04 bits per heavy atom. The van der Waals surface area contributed by atoms with Gasteiger partial charge in [-0.2, -0.15) is 0 Å². The van der Waals surface area contributed by atoms with Gasteiger partial charge in [-0.3, -0.25) is 35.9 Å². The quantitative estimate of drug-likeness (QED) is 0.367. The van der Waals surface area contributed by atoms with E-state index in [2.05, 4.69) is 21.2 Å². The molecule has 4 N–H and O–H groups in total. The summed E-state index contributed by atoms with van der Waals surface area (Å²) in [6.07, 6.45) is 1.09. The minimum atomic E-state index is -0.657. The van der Waals surface area contributed by atoms with Gasteiger partial charge in [0.05, 0.1) is 16.0 Å². The SMILES string of the molecule is O=C(NNC(=S)Nc1ccc([N+](=O)[O-])cc1)c1cc([N+](=O)[O-])c[nH]1. The third kappa shape index (κ3) is 4.23. The number of nitro benzene ring substituents is 1. The monoisotopic (exact) mass is 350 g/mol. The van der Waals surface area contributed by atoms with Gasteiger partial charge in [-0.25, -0.2) is 0 Å². The lowest BCUT2D eigenvalue weighted by Gasteiger charge is -2.10. The fraction of sp³-hybridized carbons (Fsp3) is 0.